The van der Waals surface area contributed by atoms with E-state index in [4.69, 9.17) is 4.74 Å². The Morgan fingerprint density at radius 3 is 1.88 bits per heavy atom. The minimum Gasteiger partial charge on any atom is -0.377 e. The molecule has 0 N–H and O–H groups in total. The fraction of sp³-hybridized carbons (Fsp3) is 1.00. The molecule has 1 heteroatoms. The second kappa shape index (κ2) is 1.73. The van der Waals surface area contributed by atoms with Crippen LogP contribution < -0.4 is 0 Å². The van der Waals surface area contributed by atoms with Gasteiger partial charge in [-0.1, -0.05) is 20.8 Å². The van der Waals surface area contributed by atoms with Gasteiger partial charge in [-0.3, -0.25) is 0 Å². The van der Waals surface area contributed by atoms with E-state index in [2.05, 4.69) is 20.8 Å². The number of hydrogen-bond acceptors (Lipinski definition) is 1. The van der Waals surface area contributed by atoms with Crippen molar-refractivity contribution in [2.24, 2.45) is 5.41 Å². The van der Waals surface area contributed by atoms with Crippen LogP contribution in [0.3, 0.4) is 0 Å². The molecule has 0 saturated carbocycles. The number of ether oxygens (including phenoxy) is 1. The van der Waals surface area contributed by atoms with Crippen molar-refractivity contribution in [3.8, 4) is 0 Å². The quantitative estimate of drug-likeness (QED) is 0.466. The average Bonchev–Trinajstić information content (AvgIpc) is 1.16. The van der Waals surface area contributed by atoms with E-state index in [0.29, 0.717) is 11.5 Å². The van der Waals surface area contributed by atoms with Gasteiger partial charge >= 0.3 is 0 Å². The molecule has 1 nitrogen and oxygen atoms in total. The molecule has 1 aliphatic rings. The van der Waals surface area contributed by atoms with Crippen molar-refractivity contribution in [2.75, 3.05) is 6.61 Å². The van der Waals surface area contributed by atoms with Crippen LogP contribution in [0.4, 0.5) is 0 Å². The van der Waals surface area contributed by atoms with Crippen LogP contribution >= 0.6 is 0 Å². The molecule has 1 aliphatic heterocycles. The molecule has 1 saturated heterocycles. The lowest BCUT2D eigenvalue weighted by Crippen LogP contribution is -2.38. The van der Waals surface area contributed by atoms with Gasteiger partial charge in [0.2, 0.25) is 0 Å². The molecule has 0 unspecified atom stereocenters. The molecular formula is C7H14O. The smallest absolute Gasteiger partial charge is 0.0645 e. The monoisotopic (exact) mass is 114 g/mol. The molecule has 0 aromatic heterocycles. The van der Waals surface area contributed by atoms with E-state index in [1.54, 1.807) is 0 Å². The lowest BCUT2D eigenvalue weighted by Gasteiger charge is -2.37. The molecule has 1 rings (SSSR count). The van der Waals surface area contributed by atoms with Gasteiger partial charge < -0.3 is 4.74 Å². The number of rotatable bonds is 0. The highest BCUT2D eigenvalue weighted by Crippen LogP contribution is 2.30. The van der Waals surface area contributed by atoms with E-state index in [0.717, 1.165) is 6.61 Å². The van der Waals surface area contributed by atoms with Crippen LogP contribution in [0.1, 0.15) is 27.2 Å². The zero-order valence-electron chi connectivity index (χ0n) is 5.90. The Morgan fingerprint density at radius 1 is 1.38 bits per heavy atom. The first-order valence-electron chi connectivity index (χ1n) is 3.22. The molecule has 0 aromatic carbocycles. The Hall–Kier alpha value is -0.0400. The summed E-state index contributed by atoms with van der Waals surface area (Å²) in [7, 11) is 0. The predicted octanol–water partition coefficient (Wildman–Crippen LogP) is 1.82. The van der Waals surface area contributed by atoms with Crippen LogP contribution in [0.25, 0.3) is 0 Å². The fourth-order valence-corrected chi connectivity index (χ4v) is 0.919. The van der Waals surface area contributed by atoms with Gasteiger partial charge in [-0.15, -0.1) is 0 Å². The first-order chi connectivity index (χ1) is 3.61. The first kappa shape index (κ1) is 6.09. The largest absolute Gasteiger partial charge is 0.377 e. The highest BCUT2D eigenvalue weighted by Gasteiger charge is 2.30. The van der Waals surface area contributed by atoms with E-state index >= 15 is 0 Å². The van der Waals surface area contributed by atoms with Gasteiger partial charge in [0.25, 0.3) is 0 Å². The Labute approximate surface area is 51.0 Å². The molecule has 1 heterocycles. The third-order valence-corrected chi connectivity index (χ3v) is 1.67. The lowest BCUT2D eigenvalue weighted by molar-refractivity contribution is -0.109. The molecule has 8 heavy (non-hydrogen) atoms. The van der Waals surface area contributed by atoms with Crippen molar-refractivity contribution >= 4 is 0 Å². The summed E-state index contributed by atoms with van der Waals surface area (Å²) in [6.07, 6.45) is 1.78. The van der Waals surface area contributed by atoms with E-state index in [-0.39, 0.29) is 0 Å². The maximum Gasteiger partial charge on any atom is 0.0645 e. The lowest BCUT2D eigenvalue weighted by atomic mass is 9.85. The Balaban J connectivity index is 2.34. The van der Waals surface area contributed by atoms with Crippen LogP contribution in [0.2, 0.25) is 0 Å². The number of hydrogen-bond donors (Lipinski definition) is 0. The van der Waals surface area contributed by atoms with Gasteiger partial charge in [0.1, 0.15) is 0 Å². The summed E-state index contributed by atoms with van der Waals surface area (Å²) in [4.78, 5) is 0. The molecular weight excluding hydrogens is 100 g/mol. The predicted molar refractivity (Wildman–Crippen MR) is 33.8 cm³/mol. The van der Waals surface area contributed by atoms with Gasteiger partial charge in [-0.05, 0) is 11.8 Å². The van der Waals surface area contributed by atoms with E-state index in [1.807, 2.05) is 0 Å². The zero-order chi connectivity index (χ0) is 6.20. The molecule has 0 aromatic rings. The molecule has 0 amide bonds. The maximum absolute atomic E-state index is 5.30. The summed E-state index contributed by atoms with van der Waals surface area (Å²) < 4.78 is 5.30. The standard InChI is InChI=1S/C7H14O/c1-7(2,3)6-4-5-8-6/h6H,4-5H2,1-3H3/t6-/m0/s1. The zero-order valence-corrected chi connectivity index (χ0v) is 5.90. The van der Waals surface area contributed by atoms with Gasteiger partial charge in [0.05, 0.1) is 6.10 Å². The molecule has 48 valence electrons. The van der Waals surface area contributed by atoms with Crippen LogP contribution in [0, 0.1) is 5.41 Å². The summed E-state index contributed by atoms with van der Waals surface area (Å²) in [5.74, 6) is 0. The first-order valence-corrected chi connectivity index (χ1v) is 3.22. The topological polar surface area (TPSA) is 9.23 Å². The SMILES string of the molecule is CC(C)(C)[C@@H]1CCO1. The summed E-state index contributed by atoms with van der Waals surface area (Å²) in [5.41, 5.74) is 0.373. The summed E-state index contributed by atoms with van der Waals surface area (Å²) in [5, 5.41) is 0. The van der Waals surface area contributed by atoms with Gasteiger partial charge in [-0.25, -0.2) is 0 Å². The van der Waals surface area contributed by atoms with E-state index in [1.165, 1.54) is 6.42 Å². The average molecular weight is 114 g/mol. The maximum atomic E-state index is 5.30. The van der Waals surface area contributed by atoms with Crippen molar-refractivity contribution in [2.45, 2.75) is 33.3 Å². The second-order valence-corrected chi connectivity index (χ2v) is 3.51. The molecule has 0 spiro atoms. The van der Waals surface area contributed by atoms with Gasteiger partial charge in [-0.2, -0.15) is 0 Å². The summed E-state index contributed by atoms with van der Waals surface area (Å²) >= 11 is 0. The Kier molecular flexibility index (Phi) is 1.31. The highest BCUT2D eigenvalue weighted by molar-refractivity contribution is 4.79. The highest BCUT2D eigenvalue weighted by atomic mass is 16.5. The van der Waals surface area contributed by atoms with Crippen LogP contribution in [-0.2, 0) is 4.74 Å². The van der Waals surface area contributed by atoms with Crippen molar-refractivity contribution < 1.29 is 4.74 Å². The van der Waals surface area contributed by atoms with E-state index < -0.39 is 0 Å². The van der Waals surface area contributed by atoms with Crippen molar-refractivity contribution in [3.63, 3.8) is 0 Å². The van der Waals surface area contributed by atoms with Gasteiger partial charge in [0.15, 0.2) is 0 Å². The van der Waals surface area contributed by atoms with Crippen molar-refractivity contribution in [3.05, 3.63) is 0 Å². The fourth-order valence-electron chi connectivity index (χ4n) is 0.919. The van der Waals surface area contributed by atoms with Crippen molar-refractivity contribution in [1.29, 1.82) is 0 Å². The normalized spacial score (nSPS) is 29.6. The van der Waals surface area contributed by atoms with Gasteiger partial charge in [0, 0.05) is 6.61 Å². The minimum absolute atomic E-state index is 0.373. The van der Waals surface area contributed by atoms with Crippen molar-refractivity contribution in [1.82, 2.24) is 0 Å². The van der Waals surface area contributed by atoms with Crippen LogP contribution in [0.5, 0.6) is 0 Å². The Morgan fingerprint density at radius 2 is 1.88 bits per heavy atom. The molecule has 1 fully saturated rings. The Bertz CT molecular complexity index is 76.9. The van der Waals surface area contributed by atoms with Crippen LogP contribution in [-0.4, -0.2) is 12.7 Å². The van der Waals surface area contributed by atoms with E-state index in [9.17, 15) is 0 Å². The molecule has 0 radical (unpaired) electrons. The summed E-state index contributed by atoms with van der Waals surface area (Å²) in [6.45, 7) is 7.63. The molecule has 1 atom stereocenters. The molecule has 0 bridgehead atoms. The third kappa shape index (κ3) is 1.03. The second-order valence-electron chi connectivity index (χ2n) is 3.51. The third-order valence-electron chi connectivity index (χ3n) is 1.67. The van der Waals surface area contributed by atoms with Crippen LogP contribution in [0.15, 0.2) is 0 Å². The summed E-state index contributed by atoms with van der Waals surface area (Å²) in [6, 6.07) is 0. The molecule has 0 aliphatic carbocycles. The minimum atomic E-state index is 0.373.